The van der Waals surface area contributed by atoms with Gasteiger partial charge < -0.3 is 5.32 Å². The molecule has 1 N–H and O–H groups in total. The molecule has 1 aromatic heterocycles. The second-order valence-corrected chi connectivity index (χ2v) is 7.74. The number of hydrogen-bond donors (Lipinski definition) is 1. The summed E-state index contributed by atoms with van der Waals surface area (Å²) in [5.41, 5.74) is 1.10. The van der Waals surface area contributed by atoms with Crippen molar-refractivity contribution in [3.05, 3.63) is 29.3 Å². The Morgan fingerprint density at radius 1 is 1.38 bits per heavy atom. The molecule has 0 aliphatic carbocycles. The van der Waals surface area contributed by atoms with E-state index in [0.717, 1.165) is 37.9 Å². The van der Waals surface area contributed by atoms with Gasteiger partial charge in [0.1, 0.15) is 0 Å². The first kappa shape index (κ1) is 17.4. The van der Waals surface area contributed by atoms with Crippen LogP contribution in [-0.4, -0.2) is 41.5 Å². The fraction of sp³-hybridized carbons (Fsp3) is 0.579. The van der Waals surface area contributed by atoms with Gasteiger partial charge in [0.2, 0.25) is 5.91 Å². The molecule has 2 heterocycles. The predicted octanol–water partition coefficient (Wildman–Crippen LogP) is 3.78. The summed E-state index contributed by atoms with van der Waals surface area (Å²) < 4.78 is 1.26. The number of hydrogen-bond acceptors (Lipinski definition) is 4. The Bertz CT molecular complexity index is 647. The predicted molar refractivity (Wildman–Crippen MR) is 101 cm³/mol. The molecule has 4 nitrogen and oxygen atoms in total. The van der Waals surface area contributed by atoms with Gasteiger partial charge in [-0.2, -0.15) is 0 Å². The first-order valence-corrected chi connectivity index (χ1v) is 9.88. The summed E-state index contributed by atoms with van der Waals surface area (Å²) in [6.45, 7) is 6.71. The summed E-state index contributed by atoms with van der Waals surface area (Å²) >= 11 is 1.80. The van der Waals surface area contributed by atoms with Crippen LogP contribution >= 0.6 is 11.3 Å². The van der Waals surface area contributed by atoms with Crippen LogP contribution in [0.3, 0.4) is 0 Å². The average Bonchev–Trinajstić information content (AvgIpc) is 3.04. The molecule has 1 fully saturated rings. The monoisotopic (exact) mass is 345 g/mol. The van der Waals surface area contributed by atoms with E-state index in [2.05, 4.69) is 42.3 Å². The van der Waals surface area contributed by atoms with Gasteiger partial charge in [0.15, 0.2) is 0 Å². The lowest BCUT2D eigenvalue weighted by molar-refractivity contribution is -0.123. The van der Waals surface area contributed by atoms with E-state index in [1.54, 1.807) is 11.3 Å². The molecule has 0 saturated carbocycles. The number of nitrogens with one attached hydrogen (secondary N) is 1. The molecule has 0 bridgehead atoms. The Morgan fingerprint density at radius 2 is 2.17 bits per heavy atom. The van der Waals surface area contributed by atoms with Crippen molar-refractivity contribution in [2.24, 2.45) is 0 Å². The van der Waals surface area contributed by atoms with Crippen LogP contribution in [-0.2, 0) is 4.79 Å². The van der Waals surface area contributed by atoms with Crippen molar-refractivity contribution in [3.8, 4) is 0 Å². The molecular weight excluding hydrogens is 318 g/mol. The minimum Gasteiger partial charge on any atom is -0.352 e. The van der Waals surface area contributed by atoms with Crippen LogP contribution in [0.15, 0.2) is 24.3 Å². The second kappa shape index (κ2) is 8.08. The third-order valence-corrected chi connectivity index (χ3v) is 6.08. The number of aromatic nitrogens is 1. The van der Waals surface area contributed by atoms with E-state index in [0.29, 0.717) is 18.5 Å². The van der Waals surface area contributed by atoms with E-state index in [9.17, 15) is 4.79 Å². The number of carbonyl (C=O) groups is 1. The van der Waals surface area contributed by atoms with Gasteiger partial charge in [-0.3, -0.25) is 9.69 Å². The van der Waals surface area contributed by atoms with E-state index in [-0.39, 0.29) is 5.91 Å². The Labute approximate surface area is 148 Å². The highest BCUT2D eigenvalue weighted by atomic mass is 32.1. The Hall–Kier alpha value is -1.46. The maximum Gasteiger partial charge on any atom is 0.234 e. The molecule has 1 aromatic carbocycles. The van der Waals surface area contributed by atoms with Crippen LogP contribution in [0.4, 0.5) is 0 Å². The Morgan fingerprint density at radius 3 is 2.92 bits per heavy atom. The van der Waals surface area contributed by atoms with Gasteiger partial charge in [-0.25, -0.2) is 4.98 Å². The summed E-state index contributed by atoms with van der Waals surface area (Å²) in [6.07, 6.45) is 4.30. The number of nitrogens with zero attached hydrogens (tertiary/aromatic N) is 2. The minimum atomic E-state index is 0.161. The third-order valence-electron chi connectivity index (χ3n) is 4.88. The van der Waals surface area contributed by atoms with Gasteiger partial charge in [0.05, 0.1) is 21.8 Å². The lowest BCUT2D eigenvalue weighted by Crippen LogP contribution is -2.44. The second-order valence-electron chi connectivity index (χ2n) is 6.68. The molecule has 1 atom stereocenters. The summed E-state index contributed by atoms with van der Waals surface area (Å²) in [5, 5.41) is 4.37. The number of piperidine rings is 1. The lowest BCUT2D eigenvalue weighted by Gasteiger charge is -2.31. The Balaban J connectivity index is 1.60. The normalized spacial score (nSPS) is 19.0. The molecule has 1 aliphatic heterocycles. The zero-order valence-electron chi connectivity index (χ0n) is 14.6. The molecule has 130 valence electrons. The number of amides is 1. The molecule has 0 radical (unpaired) electrons. The van der Waals surface area contributed by atoms with Gasteiger partial charge in [-0.1, -0.05) is 26.0 Å². The van der Waals surface area contributed by atoms with E-state index < -0.39 is 0 Å². The van der Waals surface area contributed by atoms with Crippen molar-refractivity contribution >= 4 is 27.5 Å². The number of rotatable bonds is 6. The highest BCUT2D eigenvalue weighted by Gasteiger charge is 2.25. The van der Waals surface area contributed by atoms with Crippen molar-refractivity contribution in [2.75, 3.05) is 19.6 Å². The topological polar surface area (TPSA) is 45.2 Å². The summed E-state index contributed by atoms with van der Waals surface area (Å²) in [7, 11) is 0. The van der Waals surface area contributed by atoms with Crippen LogP contribution in [0.1, 0.15) is 50.5 Å². The largest absolute Gasteiger partial charge is 0.352 e. The van der Waals surface area contributed by atoms with Crippen molar-refractivity contribution in [1.29, 1.82) is 0 Å². The van der Waals surface area contributed by atoms with Crippen LogP contribution < -0.4 is 5.32 Å². The zero-order valence-corrected chi connectivity index (χ0v) is 15.4. The zero-order chi connectivity index (χ0) is 16.9. The number of fused-ring (bicyclic) bond motifs is 1. The molecule has 1 saturated heterocycles. The van der Waals surface area contributed by atoms with E-state index >= 15 is 0 Å². The van der Waals surface area contributed by atoms with Gasteiger partial charge in [-0.15, -0.1) is 11.3 Å². The molecule has 2 aromatic rings. The molecule has 24 heavy (non-hydrogen) atoms. The summed E-state index contributed by atoms with van der Waals surface area (Å²) in [5.74, 6) is 0.616. The SMILES string of the molecule is CCC(CC)NC(=O)CN1CCC[C@H](c2nc3ccccc3s2)C1. The minimum absolute atomic E-state index is 0.161. The van der Waals surface area contributed by atoms with Crippen molar-refractivity contribution in [1.82, 2.24) is 15.2 Å². The fourth-order valence-electron chi connectivity index (χ4n) is 3.43. The van der Waals surface area contributed by atoms with Crippen molar-refractivity contribution < 1.29 is 4.79 Å². The Kier molecular flexibility index (Phi) is 5.85. The molecular formula is C19H27N3OS. The van der Waals surface area contributed by atoms with Crippen molar-refractivity contribution in [3.63, 3.8) is 0 Å². The fourth-order valence-corrected chi connectivity index (χ4v) is 4.53. The van der Waals surface area contributed by atoms with Gasteiger partial charge >= 0.3 is 0 Å². The summed E-state index contributed by atoms with van der Waals surface area (Å²) in [4.78, 5) is 19.4. The van der Waals surface area contributed by atoms with Gasteiger partial charge in [-0.05, 0) is 44.4 Å². The van der Waals surface area contributed by atoms with Crippen LogP contribution in [0, 0.1) is 0 Å². The number of benzene rings is 1. The molecule has 5 heteroatoms. The van der Waals surface area contributed by atoms with E-state index in [1.165, 1.54) is 16.1 Å². The standard InChI is InChI=1S/C19H27N3OS/c1-3-15(4-2)20-18(23)13-22-11-7-8-14(12-22)19-21-16-9-5-6-10-17(16)24-19/h5-6,9-10,14-15H,3-4,7-8,11-13H2,1-2H3,(H,20,23)/t14-/m0/s1. The summed E-state index contributed by atoms with van der Waals surface area (Å²) in [6, 6.07) is 8.64. The third kappa shape index (κ3) is 4.14. The smallest absolute Gasteiger partial charge is 0.234 e. The maximum atomic E-state index is 12.3. The van der Waals surface area contributed by atoms with E-state index in [1.807, 2.05) is 6.07 Å². The quantitative estimate of drug-likeness (QED) is 0.866. The first-order chi connectivity index (χ1) is 11.7. The van der Waals surface area contributed by atoms with Crippen molar-refractivity contribution in [2.45, 2.75) is 51.5 Å². The highest BCUT2D eigenvalue weighted by molar-refractivity contribution is 7.18. The van der Waals surface area contributed by atoms with Crippen LogP contribution in [0.2, 0.25) is 0 Å². The average molecular weight is 346 g/mol. The number of carbonyl (C=O) groups excluding carboxylic acids is 1. The maximum absolute atomic E-state index is 12.3. The molecule has 1 aliphatic rings. The van der Waals surface area contributed by atoms with Gasteiger partial charge in [0, 0.05) is 18.5 Å². The lowest BCUT2D eigenvalue weighted by atomic mass is 9.98. The number of likely N-dealkylation sites (tertiary alicyclic amines) is 1. The molecule has 0 unspecified atom stereocenters. The van der Waals surface area contributed by atoms with Crippen LogP contribution in [0.25, 0.3) is 10.2 Å². The molecule has 3 rings (SSSR count). The first-order valence-electron chi connectivity index (χ1n) is 9.06. The van der Waals surface area contributed by atoms with Gasteiger partial charge in [0.25, 0.3) is 0 Å². The van der Waals surface area contributed by atoms with Crippen LogP contribution in [0.5, 0.6) is 0 Å². The number of para-hydroxylation sites is 1. The highest BCUT2D eigenvalue weighted by Crippen LogP contribution is 2.32. The molecule has 0 spiro atoms. The van der Waals surface area contributed by atoms with E-state index in [4.69, 9.17) is 4.98 Å². The molecule has 1 amide bonds. The number of thiazole rings is 1.